The van der Waals surface area contributed by atoms with E-state index in [1.165, 1.54) is 24.8 Å². The first kappa shape index (κ1) is 21.4. The molecule has 0 saturated carbocycles. The van der Waals surface area contributed by atoms with E-state index in [4.69, 9.17) is 31.6 Å². The predicted octanol–water partition coefficient (Wildman–Crippen LogP) is 4.12. The van der Waals surface area contributed by atoms with E-state index in [-0.39, 0.29) is 35.2 Å². The minimum Gasteiger partial charge on any atom is -0.355 e. The predicted molar refractivity (Wildman–Crippen MR) is 112 cm³/mol. The Morgan fingerprint density at radius 3 is 2.30 bits per heavy atom. The van der Waals surface area contributed by atoms with Gasteiger partial charge >= 0.3 is 0 Å². The van der Waals surface area contributed by atoms with Gasteiger partial charge in [-0.15, -0.1) is 24.4 Å². The Hall–Kier alpha value is -0.280. The van der Waals surface area contributed by atoms with Crippen molar-refractivity contribution in [3.63, 3.8) is 0 Å². The van der Waals surface area contributed by atoms with Crippen LogP contribution >= 0.6 is 24.4 Å². The highest BCUT2D eigenvalue weighted by molar-refractivity contribution is 8.10. The van der Waals surface area contributed by atoms with Gasteiger partial charge in [0.1, 0.15) is 4.71 Å². The molecule has 4 unspecified atom stereocenters. The molecule has 1 aromatic rings. The van der Waals surface area contributed by atoms with Crippen LogP contribution in [0.15, 0.2) is 30.3 Å². The van der Waals surface area contributed by atoms with Crippen molar-refractivity contribution in [2.45, 2.75) is 48.2 Å². The van der Waals surface area contributed by atoms with Gasteiger partial charge in [-0.3, -0.25) is 4.90 Å². The normalized spacial score (nSPS) is 29.4. The van der Waals surface area contributed by atoms with Crippen LogP contribution in [-0.2, 0) is 18.9 Å². The fraction of sp³-hybridized carbons (Fsp3) is 0.700. The maximum absolute atomic E-state index is 5.67. The Balaban J connectivity index is 1.74. The fourth-order valence-corrected chi connectivity index (χ4v) is 5.81. The molecule has 0 radical (unpaired) electrons. The first-order chi connectivity index (χ1) is 13.2. The first-order valence-electron chi connectivity index (χ1n) is 9.64. The second kappa shape index (κ2) is 11.0. The average Bonchev–Trinajstić information content (AvgIpc) is 2.74. The summed E-state index contributed by atoms with van der Waals surface area (Å²) in [6.07, 6.45) is 4.01. The molecular formula is C20H31NO4S2. The molecule has 0 bridgehead atoms. The highest BCUT2D eigenvalue weighted by Gasteiger charge is 2.38. The molecule has 2 saturated heterocycles. The molecule has 0 aromatic heterocycles. The van der Waals surface area contributed by atoms with Crippen LogP contribution in [0.4, 0.5) is 0 Å². The molecule has 2 fully saturated rings. The van der Waals surface area contributed by atoms with E-state index in [1.807, 2.05) is 11.8 Å². The molecule has 7 heteroatoms. The monoisotopic (exact) mass is 413 g/mol. The molecule has 0 N–H and O–H groups in total. The topological polar surface area (TPSA) is 40.2 Å². The summed E-state index contributed by atoms with van der Waals surface area (Å²) in [5.74, 6) is -0.00616. The van der Waals surface area contributed by atoms with Crippen LogP contribution in [0.1, 0.15) is 36.5 Å². The second-order valence-electron chi connectivity index (χ2n) is 7.02. The molecule has 3 rings (SSSR count). The zero-order valence-electron chi connectivity index (χ0n) is 16.2. The molecule has 2 heterocycles. The van der Waals surface area contributed by atoms with Crippen LogP contribution in [-0.4, -0.2) is 56.3 Å². The van der Waals surface area contributed by atoms with E-state index in [0.717, 1.165) is 19.5 Å². The van der Waals surface area contributed by atoms with Crippen molar-refractivity contribution in [1.29, 1.82) is 0 Å². The molecule has 4 atom stereocenters. The third-order valence-electron chi connectivity index (χ3n) is 5.28. The van der Waals surface area contributed by atoms with Crippen LogP contribution in [0.25, 0.3) is 0 Å². The maximum atomic E-state index is 5.67. The van der Waals surface area contributed by atoms with Crippen molar-refractivity contribution in [1.82, 2.24) is 4.90 Å². The number of rotatable bonds is 8. The molecule has 27 heavy (non-hydrogen) atoms. The molecular weight excluding hydrogens is 382 g/mol. The van der Waals surface area contributed by atoms with E-state index >= 15 is 0 Å². The van der Waals surface area contributed by atoms with Gasteiger partial charge in [0.2, 0.25) is 0 Å². The maximum Gasteiger partial charge on any atom is 0.167 e. The molecule has 2 aliphatic rings. The lowest BCUT2D eigenvalue weighted by molar-refractivity contribution is -0.331. The Kier molecular flexibility index (Phi) is 8.77. The number of benzene rings is 1. The number of likely N-dealkylation sites (tertiary alicyclic amines) is 1. The van der Waals surface area contributed by atoms with Crippen molar-refractivity contribution in [3.05, 3.63) is 35.9 Å². The van der Waals surface area contributed by atoms with Crippen molar-refractivity contribution in [2.75, 3.05) is 34.1 Å². The minimum atomic E-state index is -0.330. The minimum absolute atomic E-state index is 0.00616. The third kappa shape index (κ3) is 5.85. The van der Waals surface area contributed by atoms with E-state index in [1.54, 1.807) is 14.2 Å². The summed E-state index contributed by atoms with van der Waals surface area (Å²) >= 11 is 6.83. The molecule has 1 aromatic carbocycles. The highest BCUT2D eigenvalue weighted by atomic mass is 32.2. The van der Waals surface area contributed by atoms with Gasteiger partial charge < -0.3 is 18.9 Å². The summed E-state index contributed by atoms with van der Waals surface area (Å²) < 4.78 is 22.6. The van der Waals surface area contributed by atoms with E-state index < -0.39 is 0 Å². The second-order valence-corrected chi connectivity index (χ2v) is 9.14. The fourth-order valence-electron chi connectivity index (χ4n) is 3.81. The van der Waals surface area contributed by atoms with Crippen LogP contribution in [0.2, 0.25) is 0 Å². The lowest BCUT2D eigenvalue weighted by Crippen LogP contribution is -2.44. The van der Waals surface area contributed by atoms with E-state index in [0.29, 0.717) is 0 Å². The molecule has 0 amide bonds. The SMILES string of the molecule is COC1OCOC(OC)C1CC(SC(S)N1CCCCC1)c1ccccc1. The lowest BCUT2D eigenvalue weighted by Gasteiger charge is -2.39. The molecule has 0 spiro atoms. The van der Waals surface area contributed by atoms with Crippen molar-refractivity contribution in [2.24, 2.45) is 5.92 Å². The third-order valence-corrected chi connectivity index (χ3v) is 7.30. The van der Waals surface area contributed by atoms with Crippen LogP contribution < -0.4 is 0 Å². The number of ether oxygens (including phenoxy) is 4. The summed E-state index contributed by atoms with van der Waals surface area (Å²) in [6.45, 7) is 2.44. The summed E-state index contributed by atoms with van der Waals surface area (Å²) in [5, 5.41) is 0.251. The summed E-state index contributed by atoms with van der Waals surface area (Å²) in [4.78, 5) is 2.47. The van der Waals surface area contributed by atoms with Crippen molar-refractivity contribution < 1.29 is 18.9 Å². The van der Waals surface area contributed by atoms with Crippen LogP contribution in [0, 0.1) is 5.92 Å². The molecule has 152 valence electrons. The number of thiol groups is 1. The van der Waals surface area contributed by atoms with Gasteiger partial charge in [-0.05, 0) is 37.9 Å². The Morgan fingerprint density at radius 1 is 1.07 bits per heavy atom. The van der Waals surface area contributed by atoms with Gasteiger partial charge in [-0.25, -0.2) is 0 Å². The zero-order chi connectivity index (χ0) is 19.1. The molecule has 0 aliphatic carbocycles. The van der Waals surface area contributed by atoms with Crippen LogP contribution in [0.3, 0.4) is 0 Å². The number of nitrogens with zero attached hydrogens (tertiary/aromatic N) is 1. The number of hydrogen-bond acceptors (Lipinski definition) is 7. The largest absolute Gasteiger partial charge is 0.355 e. The Bertz CT molecular complexity index is 532. The summed E-state index contributed by atoms with van der Waals surface area (Å²) in [6, 6.07) is 10.6. The van der Waals surface area contributed by atoms with Gasteiger partial charge in [0.15, 0.2) is 19.4 Å². The number of hydrogen-bond donors (Lipinski definition) is 1. The zero-order valence-corrected chi connectivity index (χ0v) is 17.9. The van der Waals surface area contributed by atoms with Gasteiger partial charge in [0.25, 0.3) is 0 Å². The van der Waals surface area contributed by atoms with Gasteiger partial charge in [-0.2, -0.15) is 0 Å². The smallest absolute Gasteiger partial charge is 0.167 e. The van der Waals surface area contributed by atoms with E-state index in [2.05, 4.69) is 35.2 Å². The number of thioether (sulfide) groups is 1. The Morgan fingerprint density at radius 2 is 1.70 bits per heavy atom. The Labute approximate surface area is 172 Å². The lowest BCUT2D eigenvalue weighted by atomic mass is 9.97. The van der Waals surface area contributed by atoms with Gasteiger partial charge in [0, 0.05) is 19.5 Å². The highest BCUT2D eigenvalue weighted by Crippen LogP contribution is 2.43. The quantitative estimate of drug-likeness (QED) is 0.511. The summed E-state index contributed by atoms with van der Waals surface area (Å²) in [5.41, 5.74) is 1.29. The van der Waals surface area contributed by atoms with E-state index in [9.17, 15) is 0 Å². The average molecular weight is 414 g/mol. The first-order valence-corrected chi connectivity index (χ1v) is 11.1. The van der Waals surface area contributed by atoms with Crippen LogP contribution in [0.5, 0.6) is 0 Å². The van der Waals surface area contributed by atoms with Gasteiger partial charge in [0.05, 0.1) is 5.92 Å². The summed E-state index contributed by atoms with van der Waals surface area (Å²) in [7, 11) is 3.35. The van der Waals surface area contributed by atoms with Crippen molar-refractivity contribution in [3.8, 4) is 0 Å². The standard InChI is InChI=1S/C20H31NO4S2/c1-22-18-16(19(23-2)25-14-24-18)13-17(15-9-5-3-6-10-15)27-20(26)21-11-7-4-8-12-21/h3,5-6,9-10,16-20,26H,4,7-8,11-14H2,1-2H3. The molecule has 2 aliphatic heterocycles. The number of methoxy groups -OCH3 is 2. The van der Waals surface area contributed by atoms with Gasteiger partial charge in [-0.1, -0.05) is 36.8 Å². The molecule has 5 nitrogen and oxygen atoms in total. The number of piperidine rings is 1. The van der Waals surface area contributed by atoms with Crippen molar-refractivity contribution >= 4 is 24.4 Å².